The van der Waals surface area contributed by atoms with Gasteiger partial charge in [-0.25, -0.2) is 14.6 Å². The van der Waals surface area contributed by atoms with Crippen LogP contribution >= 0.6 is 0 Å². The van der Waals surface area contributed by atoms with Gasteiger partial charge in [-0.2, -0.15) is 0 Å². The number of ether oxygens (including phenoxy) is 2. The number of carbonyl (C=O) groups excluding carboxylic acids is 2. The lowest BCUT2D eigenvalue weighted by atomic mass is 10.0. The number of amides is 1. The molecule has 190 valence electrons. The van der Waals surface area contributed by atoms with Gasteiger partial charge in [0.2, 0.25) is 0 Å². The van der Waals surface area contributed by atoms with Gasteiger partial charge in [-0.15, -0.1) is 0 Å². The smallest absolute Gasteiger partial charge is 0.412 e. The summed E-state index contributed by atoms with van der Waals surface area (Å²) in [4.78, 5) is 28.8. The number of esters is 1. The largest absolute Gasteiger partial charge is 0.462 e. The Balaban J connectivity index is 3.00. The van der Waals surface area contributed by atoms with Gasteiger partial charge in [0.25, 0.3) is 0 Å². The van der Waals surface area contributed by atoms with Crippen molar-refractivity contribution in [2.24, 2.45) is 0 Å². The number of pyridine rings is 1. The summed E-state index contributed by atoms with van der Waals surface area (Å²) < 4.78 is 16.9. The molecule has 8 heteroatoms. The highest BCUT2D eigenvalue weighted by Gasteiger charge is 2.41. The van der Waals surface area contributed by atoms with E-state index in [9.17, 15) is 9.59 Å². The number of nitrogens with zero attached hydrogens (tertiary/aromatic N) is 1. The van der Waals surface area contributed by atoms with Gasteiger partial charge < -0.3 is 13.9 Å². The Hall–Kier alpha value is -2.37. The van der Waals surface area contributed by atoms with E-state index in [1.165, 1.54) is 6.20 Å². The summed E-state index contributed by atoms with van der Waals surface area (Å²) in [7, 11) is -1.89. The number of rotatable bonds is 7. The normalized spacial score (nSPS) is 12.4. The fraction of sp³-hybridized carbons (Fsp3) is 0.654. The number of anilines is 1. The molecule has 7 nitrogen and oxygen atoms in total. The third kappa shape index (κ3) is 9.86. The van der Waals surface area contributed by atoms with Crippen LogP contribution in [0.25, 0.3) is 0 Å². The first-order valence-corrected chi connectivity index (χ1v) is 14.6. The summed E-state index contributed by atoms with van der Waals surface area (Å²) in [6.45, 7) is 22.6. The highest BCUT2D eigenvalue weighted by Crippen LogP contribution is 2.39. The van der Waals surface area contributed by atoms with Crippen LogP contribution in [0.5, 0.6) is 0 Å². The van der Waals surface area contributed by atoms with Gasteiger partial charge in [-0.05, 0) is 78.1 Å². The summed E-state index contributed by atoms with van der Waals surface area (Å²) in [6, 6.07) is 1.56. The van der Waals surface area contributed by atoms with E-state index in [4.69, 9.17) is 13.9 Å². The van der Waals surface area contributed by atoms with E-state index < -0.39 is 26.0 Å². The first-order valence-electron chi connectivity index (χ1n) is 11.7. The van der Waals surface area contributed by atoms with Crippen LogP contribution in [0.15, 0.2) is 12.3 Å². The standard InChI is InChI=1S/C26H42N2O5Si/c1-12-31-22(29)20-18-27-19(17-21(20)28-23(30)32-24(2,3)4)15-13-14-16-26(8,9)33-34(10,11)25(5,6)7/h17-18H,12,14,16H2,1-11H3,(H,27,28,30). The van der Waals surface area contributed by atoms with Crippen LogP contribution in [-0.4, -0.2) is 43.2 Å². The van der Waals surface area contributed by atoms with E-state index in [0.29, 0.717) is 12.1 Å². The highest BCUT2D eigenvalue weighted by atomic mass is 28.4. The second-order valence-electron chi connectivity index (χ2n) is 11.4. The van der Waals surface area contributed by atoms with E-state index in [-0.39, 0.29) is 28.5 Å². The minimum atomic E-state index is -1.89. The molecule has 1 rings (SSSR count). The lowest BCUT2D eigenvalue weighted by molar-refractivity contribution is 0.0527. The molecule has 0 saturated heterocycles. The maximum absolute atomic E-state index is 12.3. The molecule has 1 aromatic heterocycles. The van der Waals surface area contributed by atoms with Crippen LogP contribution in [-0.2, 0) is 13.9 Å². The van der Waals surface area contributed by atoms with Crippen molar-refractivity contribution in [2.75, 3.05) is 11.9 Å². The zero-order valence-corrected chi connectivity index (χ0v) is 23.8. The van der Waals surface area contributed by atoms with Crippen LogP contribution in [0.2, 0.25) is 18.1 Å². The van der Waals surface area contributed by atoms with Gasteiger partial charge in [0.15, 0.2) is 8.32 Å². The molecule has 0 saturated carbocycles. The lowest BCUT2D eigenvalue weighted by Crippen LogP contribution is -2.47. The third-order valence-electron chi connectivity index (χ3n) is 5.44. The zero-order chi connectivity index (χ0) is 26.4. The van der Waals surface area contributed by atoms with E-state index in [0.717, 1.165) is 6.42 Å². The SMILES string of the molecule is CCOC(=O)c1cnc(C#CCCC(C)(C)O[Si](C)(C)C(C)(C)C)cc1NC(=O)OC(C)(C)C. The Morgan fingerprint density at radius 2 is 1.71 bits per heavy atom. The van der Waals surface area contributed by atoms with Gasteiger partial charge in [0, 0.05) is 12.6 Å². The third-order valence-corrected chi connectivity index (χ3v) is 10.1. The minimum Gasteiger partial charge on any atom is -0.462 e. The average Bonchev–Trinajstić information content (AvgIpc) is 2.62. The molecule has 0 bridgehead atoms. The van der Waals surface area contributed by atoms with E-state index in [1.54, 1.807) is 33.8 Å². The van der Waals surface area contributed by atoms with Crippen molar-refractivity contribution < 1.29 is 23.5 Å². The Bertz CT molecular complexity index is 931. The van der Waals surface area contributed by atoms with Crippen molar-refractivity contribution in [1.29, 1.82) is 0 Å². The van der Waals surface area contributed by atoms with Gasteiger partial charge in [-0.3, -0.25) is 5.32 Å². The molecule has 0 aliphatic carbocycles. The quantitative estimate of drug-likeness (QED) is 0.265. The summed E-state index contributed by atoms with van der Waals surface area (Å²) in [5.74, 6) is 5.58. The van der Waals surface area contributed by atoms with Crippen molar-refractivity contribution in [3.8, 4) is 11.8 Å². The summed E-state index contributed by atoms with van der Waals surface area (Å²) in [5, 5.41) is 2.75. The molecule has 0 aliphatic rings. The molecule has 0 aliphatic heterocycles. The molecule has 0 unspecified atom stereocenters. The molecule has 1 aromatic rings. The second-order valence-corrected chi connectivity index (χ2v) is 16.1. The molecular weight excluding hydrogens is 448 g/mol. The molecule has 34 heavy (non-hydrogen) atoms. The van der Waals surface area contributed by atoms with Gasteiger partial charge >= 0.3 is 12.1 Å². The molecule has 1 N–H and O–H groups in total. The fourth-order valence-corrected chi connectivity index (χ4v) is 4.61. The number of aromatic nitrogens is 1. The summed E-state index contributed by atoms with van der Waals surface area (Å²) >= 11 is 0. The summed E-state index contributed by atoms with van der Waals surface area (Å²) in [5.41, 5.74) is -0.149. The Kier molecular flexibility index (Phi) is 9.92. The molecule has 0 atom stereocenters. The van der Waals surface area contributed by atoms with Gasteiger partial charge in [-0.1, -0.05) is 26.7 Å². The first kappa shape index (κ1) is 29.7. The number of hydrogen-bond donors (Lipinski definition) is 1. The predicted molar refractivity (Wildman–Crippen MR) is 139 cm³/mol. The molecule has 0 spiro atoms. The van der Waals surface area contributed by atoms with Gasteiger partial charge in [0.05, 0.1) is 17.9 Å². The van der Waals surface area contributed by atoms with Crippen molar-refractivity contribution in [3.63, 3.8) is 0 Å². The first-order chi connectivity index (χ1) is 15.4. The van der Waals surface area contributed by atoms with Crippen LogP contribution in [0.1, 0.15) is 91.2 Å². The molecular formula is C26H42N2O5Si. The molecule has 0 aromatic carbocycles. The number of nitrogens with one attached hydrogen (secondary N) is 1. The van der Waals surface area contributed by atoms with Crippen molar-refractivity contribution in [3.05, 3.63) is 23.5 Å². The topological polar surface area (TPSA) is 86.8 Å². The molecule has 0 radical (unpaired) electrons. The average molecular weight is 491 g/mol. The number of carbonyl (C=O) groups is 2. The Morgan fingerprint density at radius 1 is 1.09 bits per heavy atom. The van der Waals surface area contributed by atoms with Crippen LogP contribution in [0.4, 0.5) is 10.5 Å². The summed E-state index contributed by atoms with van der Waals surface area (Å²) in [6.07, 6.45) is 2.08. The number of hydrogen-bond acceptors (Lipinski definition) is 6. The highest BCUT2D eigenvalue weighted by molar-refractivity contribution is 6.74. The van der Waals surface area contributed by atoms with E-state index in [2.05, 4.69) is 69.9 Å². The maximum Gasteiger partial charge on any atom is 0.412 e. The van der Waals surface area contributed by atoms with E-state index >= 15 is 0 Å². The molecule has 1 heterocycles. The second kappa shape index (κ2) is 11.4. The predicted octanol–water partition coefficient (Wildman–Crippen LogP) is 6.54. The molecule has 1 amide bonds. The van der Waals surface area contributed by atoms with Crippen LogP contribution in [0.3, 0.4) is 0 Å². The van der Waals surface area contributed by atoms with Crippen molar-refractivity contribution in [1.82, 2.24) is 4.98 Å². The zero-order valence-electron chi connectivity index (χ0n) is 22.8. The monoisotopic (exact) mass is 490 g/mol. The molecule has 0 fully saturated rings. The van der Waals surface area contributed by atoms with Crippen LogP contribution in [0, 0.1) is 11.8 Å². The van der Waals surface area contributed by atoms with Crippen molar-refractivity contribution in [2.45, 2.75) is 104 Å². The fourth-order valence-electron chi connectivity index (χ4n) is 2.82. The minimum absolute atomic E-state index is 0.137. The lowest BCUT2D eigenvalue weighted by Gasteiger charge is -2.42. The van der Waals surface area contributed by atoms with Gasteiger partial charge in [0.1, 0.15) is 16.9 Å². The Morgan fingerprint density at radius 3 is 2.24 bits per heavy atom. The van der Waals surface area contributed by atoms with E-state index in [1.807, 2.05) is 0 Å². The Labute approximate surface area is 206 Å². The van der Waals surface area contributed by atoms with Crippen molar-refractivity contribution >= 4 is 26.1 Å². The maximum atomic E-state index is 12.3. The van der Waals surface area contributed by atoms with Crippen LogP contribution < -0.4 is 5.32 Å².